The minimum absolute atomic E-state index is 0.0357. The number of rotatable bonds is 46. The highest BCUT2D eigenvalue weighted by Crippen LogP contribution is 2.61. The molecular formula is C108H139NO. The van der Waals surface area contributed by atoms with Crippen molar-refractivity contribution in [3.05, 3.63) is 220 Å². The van der Waals surface area contributed by atoms with E-state index < -0.39 is 0 Å². The molecule has 9 aromatic carbocycles. The molecule has 0 saturated carbocycles. The van der Waals surface area contributed by atoms with Gasteiger partial charge in [0.2, 0.25) is 0 Å². The molecule has 1 aliphatic heterocycles. The van der Waals surface area contributed by atoms with Gasteiger partial charge in [0.05, 0.1) is 11.4 Å². The van der Waals surface area contributed by atoms with Crippen molar-refractivity contribution in [3.8, 4) is 78.3 Å². The van der Waals surface area contributed by atoms with Gasteiger partial charge in [-0.1, -0.05) is 387 Å². The summed E-state index contributed by atoms with van der Waals surface area (Å²) in [4.78, 5) is 2.40. The van der Waals surface area contributed by atoms with Crippen LogP contribution >= 0.6 is 0 Å². The molecule has 0 saturated heterocycles. The van der Waals surface area contributed by atoms with Crippen molar-refractivity contribution in [2.45, 2.75) is 348 Å². The van der Waals surface area contributed by atoms with E-state index in [1.54, 1.807) is 33.4 Å². The summed E-state index contributed by atoms with van der Waals surface area (Å²) in [6.07, 6.45) is 54.6. The predicted molar refractivity (Wildman–Crippen MR) is 478 cm³/mol. The Balaban J connectivity index is 0.910. The standard InChI is InChI=1S/C108H139NO/c1-10-16-22-28-34-40-66-106(67-41-35-29-23-17-11-2)96-72-81(8)48-58-90(96)91-59-50-83(74-97(91)106)84-51-60-92-93-61-52-85(76-99(93)107(98(92)75-84,68-42-36-30-24-18-12-3)69-43-37-31-25-19-13-4)86-53-62-94-95-63-54-87(78-101(95)108(100(94)77-86,70-44-38-32-26-20-14-5)71-45-39-33-27-21-15-6)88-55-65-103-105(79-88)110-104-73-82(9)49-64-102(104)109(103)89-56-46-80(7)47-57-89/h46-65,72-79H,10-45,66-71H2,1-9H3. The smallest absolute Gasteiger partial charge is 0.152 e. The first-order valence-electron chi connectivity index (χ1n) is 45.7. The average molecular weight is 1470 g/mol. The number of benzene rings is 9. The maximum atomic E-state index is 7.01. The summed E-state index contributed by atoms with van der Waals surface area (Å²) in [6, 6.07) is 69.4. The number of unbranched alkanes of at least 4 members (excludes halogenated alkanes) is 30. The van der Waals surface area contributed by atoms with Crippen LogP contribution in [-0.4, -0.2) is 0 Å². The second kappa shape index (κ2) is 38.9. The maximum Gasteiger partial charge on any atom is 0.152 e. The van der Waals surface area contributed by atoms with Crippen LogP contribution in [0.1, 0.15) is 361 Å². The number of anilines is 3. The van der Waals surface area contributed by atoms with Crippen molar-refractivity contribution in [1.82, 2.24) is 0 Å². The predicted octanol–water partition coefficient (Wildman–Crippen LogP) is 34.5. The largest absolute Gasteiger partial charge is 0.453 e. The minimum Gasteiger partial charge on any atom is -0.453 e. The number of aryl methyl sites for hydroxylation is 3. The third kappa shape index (κ3) is 17.8. The number of ether oxygens (including phenoxy) is 1. The molecule has 13 rings (SSSR count). The molecule has 0 radical (unpaired) electrons. The van der Waals surface area contributed by atoms with Crippen molar-refractivity contribution in [3.63, 3.8) is 0 Å². The van der Waals surface area contributed by atoms with E-state index in [0.29, 0.717) is 0 Å². The molecule has 582 valence electrons. The molecular weight excluding hydrogens is 1330 g/mol. The number of nitrogens with zero attached hydrogens (tertiary/aromatic N) is 1. The Labute approximate surface area is 668 Å². The van der Waals surface area contributed by atoms with E-state index >= 15 is 0 Å². The summed E-state index contributed by atoms with van der Waals surface area (Å²) in [5.41, 5.74) is 33.6. The van der Waals surface area contributed by atoms with E-state index in [2.05, 4.69) is 237 Å². The lowest BCUT2D eigenvalue weighted by molar-refractivity contribution is 0.397. The first-order chi connectivity index (χ1) is 54.0. The first kappa shape index (κ1) is 80.6. The van der Waals surface area contributed by atoms with Gasteiger partial charge in [0, 0.05) is 21.9 Å². The molecule has 1 heterocycles. The van der Waals surface area contributed by atoms with Crippen LogP contribution in [0.3, 0.4) is 0 Å². The van der Waals surface area contributed by atoms with Gasteiger partial charge in [-0.3, -0.25) is 0 Å². The number of hydrogen-bond acceptors (Lipinski definition) is 2. The molecule has 110 heavy (non-hydrogen) atoms. The molecule has 0 atom stereocenters. The summed E-state index contributed by atoms with van der Waals surface area (Å²) in [7, 11) is 0. The molecule has 0 bridgehead atoms. The lowest BCUT2D eigenvalue weighted by Gasteiger charge is -2.34. The van der Waals surface area contributed by atoms with E-state index in [4.69, 9.17) is 4.74 Å². The van der Waals surface area contributed by atoms with Crippen LogP contribution in [0.25, 0.3) is 66.8 Å². The van der Waals surface area contributed by atoms with Gasteiger partial charge in [0.25, 0.3) is 0 Å². The van der Waals surface area contributed by atoms with Gasteiger partial charge in [-0.05, 0) is 232 Å². The zero-order valence-electron chi connectivity index (χ0n) is 70.2. The van der Waals surface area contributed by atoms with Gasteiger partial charge < -0.3 is 9.64 Å². The zero-order chi connectivity index (χ0) is 76.3. The molecule has 0 aromatic heterocycles. The van der Waals surface area contributed by atoms with Crippen molar-refractivity contribution in [1.29, 1.82) is 0 Å². The Hall–Kier alpha value is -7.42. The van der Waals surface area contributed by atoms with Gasteiger partial charge in [-0.2, -0.15) is 0 Å². The summed E-state index contributed by atoms with van der Waals surface area (Å²) in [5.74, 6) is 1.81. The maximum absolute atomic E-state index is 7.01. The fourth-order valence-electron chi connectivity index (χ4n) is 20.8. The Kier molecular flexibility index (Phi) is 28.5. The van der Waals surface area contributed by atoms with Crippen LogP contribution in [0, 0.1) is 20.8 Å². The second-order valence-corrected chi connectivity index (χ2v) is 35.1. The molecule has 0 N–H and O–H groups in total. The Morgan fingerprint density at radius 1 is 0.218 bits per heavy atom. The summed E-state index contributed by atoms with van der Waals surface area (Å²) in [6.45, 7) is 20.9. The van der Waals surface area contributed by atoms with Crippen LogP contribution in [-0.2, 0) is 16.2 Å². The lowest BCUT2D eigenvalue weighted by Crippen LogP contribution is -2.26. The summed E-state index contributed by atoms with van der Waals surface area (Å²) in [5, 5.41) is 0. The van der Waals surface area contributed by atoms with Gasteiger partial charge in [0.15, 0.2) is 11.5 Å². The molecule has 0 spiro atoms. The molecule has 2 nitrogen and oxygen atoms in total. The van der Waals surface area contributed by atoms with Crippen molar-refractivity contribution in [2.24, 2.45) is 0 Å². The van der Waals surface area contributed by atoms with Crippen LogP contribution in [0.4, 0.5) is 17.1 Å². The van der Waals surface area contributed by atoms with Crippen LogP contribution < -0.4 is 9.64 Å². The Morgan fingerprint density at radius 2 is 0.445 bits per heavy atom. The minimum atomic E-state index is -0.111. The molecule has 0 unspecified atom stereocenters. The van der Waals surface area contributed by atoms with Crippen LogP contribution in [0.2, 0.25) is 0 Å². The highest BCUT2D eigenvalue weighted by Gasteiger charge is 2.47. The van der Waals surface area contributed by atoms with Gasteiger partial charge >= 0.3 is 0 Å². The lowest BCUT2D eigenvalue weighted by atomic mass is 9.69. The Morgan fingerprint density at radius 3 is 0.764 bits per heavy atom. The van der Waals surface area contributed by atoms with E-state index in [9.17, 15) is 0 Å². The van der Waals surface area contributed by atoms with Crippen molar-refractivity contribution >= 4 is 17.1 Å². The van der Waals surface area contributed by atoms with E-state index in [-0.39, 0.29) is 16.2 Å². The topological polar surface area (TPSA) is 12.5 Å². The molecule has 0 fully saturated rings. The Bertz CT molecular complexity index is 4410. The SMILES string of the molecule is CCCCCCCCC1(CCCCCCCC)c2cc(C)ccc2-c2ccc(-c3ccc4c(c3)C(CCCCCCCC)(CCCCCCCC)c3cc(-c5ccc6c(c5)C(CCCCCCCC)(CCCCCCCC)c5cc(-c7ccc8c(c7)Oc7cc(C)ccc7N8c7ccc(C)cc7)ccc5-6)ccc3-4)cc21. The van der Waals surface area contributed by atoms with Crippen molar-refractivity contribution in [2.75, 3.05) is 4.90 Å². The summed E-state index contributed by atoms with van der Waals surface area (Å²) < 4.78 is 7.01. The monoisotopic (exact) mass is 1470 g/mol. The van der Waals surface area contributed by atoms with Crippen LogP contribution in [0.15, 0.2) is 170 Å². The summed E-state index contributed by atoms with van der Waals surface area (Å²) >= 11 is 0. The van der Waals surface area contributed by atoms with Gasteiger partial charge in [-0.15, -0.1) is 0 Å². The average Bonchev–Trinajstić information content (AvgIpc) is 1.56. The fourth-order valence-corrected chi connectivity index (χ4v) is 20.8. The molecule has 4 aliphatic rings. The van der Waals surface area contributed by atoms with E-state index in [0.717, 1.165) is 28.6 Å². The molecule has 0 amide bonds. The highest BCUT2D eigenvalue weighted by atomic mass is 16.5. The van der Waals surface area contributed by atoms with Gasteiger partial charge in [0.1, 0.15) is 0 Å². The first-order valence-corrected chi connectivity index (χ1v) is 45.7. The van der Waals surface area contributed by atoms with Crippen molar-refractivity contribution < 1.29 is 4.74 Å². The van der Waals surface area contributed by atoms with E-state index in [1.165, 1.54) is 353 Å². The zero-order valence-corrected chi connectivity index (χ0v) is 70.2. The molecule has 3 aliphatic carbocycles. The van der Waals surface area contributed by atoms with E-state index in [1.807, 2.05) is 0 Å². The molecule has 9 aromatic rings. The second-order valence-electron chi connectivity index (χ2n) is 35.1. The quantitative estimate of drug-likeness (QED) is 0.0353. The third-order valence-electron chi connectivity index (χ3n) is 27.0. The van der Waals surface area contributed by atoms with Gasteiger partial charge in [-0.25, -0.2) is 0 Å². The normalized spacial score (nSPS) is 14.2. The number of hydrogen-bond donors (Lipinski definition) is 0. The fraction of sp³-hybridized carbons (Fsp3) is 0.500. The van der Waals surface area contributed by atoms with Crippen LogP contribution in [0.5, 0.6) is 11.5 Å². The third-order valence-corrected chi connectivity index (χ3v) is 27.0. The number of fused-ring (bicyclic) bond motifs is 11. The highest BCUT2D eigenvalue weighted by molar-refractivity contribution is 5.92. The molecule has 2 heteroatoms.